The van der Waals surface area contributed by atoms with Gasteiger partial charge in [0.1, 0.15) is 11.2 Å². The first-order chi connectivity index (χ1) is 18.0. The maximum absolute atomic E-state index is 11.8. The molecule has 184 valence electrons. The number of halogens is 1. The van der Waals surface area contributed by atoms with Crippen molar-refractivity contribution in [2.45, 2.75) is 13.3 Å². The van der Waals surface area contributed by atoms with Crippen molar-refractivity contribution in [2.24, 2.45) is 0 Å². The molecule has 7 heteroatoms. The van der Waals surface area contributed by atoms with Gasteiger partial charge in [-0.05, 0) is 61.4 Å². The van der Waals surface area contributed by atoms with Crippen LogP contribution in [0.5, 0.6) is 0 Å². The van der Waals surface area contributed by atoms with E-state index in [9.17, 15) is 9.59 Å². The lowest BCUT2D eigenvalue weighted by atomic mass is 10.2. The molecular formula is C30H23ClN2O4. The first kappa shape index (κ1) is 25.5. The van der Waals surface area contributed by atoms with E-state index in [1.807, 2.05) is 55.5 Å². The molecule has 5 aromatic rings. The second kappa shape index (κ2) is 12.4. The summed E-state index contributed by atoms with van der Waals surface area (Å²) in [4.78, 5) is 31.3. The quantitative estimate of drug-likeness (QED) is 0.233. The van der Waals surface area contributed by atoms with Crippen molar-refractivity contribution in [1.82, 2.24) is 9.97 Å². The number of aromatic nitrogens is 2. The summed E-state index contributed by atoms with van der Waals surface area (Å²) < 4.78 is 11.1. The molecule has 0 fully saturated rings. The highest BCUT2D eigenvalue weighted by atomic mass is 35.5. The number of rotatable bonds is 5. The molecule has 0 N–H and O–H groups in total. The van der Waals surface area contributed by atoms with Crippen LogP contribution in [0, 0.1) is 0 Å². The minimum Gasteiger partial charge on any atom is -0.438 e. The Balaban J connectivity index is 0.000000176. The largest absolute Gasteiger partial charge is 0.438 e. The number of allylic oxidation sites excluding steroid dienone is 3. The number of hydrogen-bond donors (Lipinski definition) is 0. The average Bonchev–Trinajstić information content (AvgIpc) is 2.91. The van der Waals surface area contributed by atoms with Gasteiger partial charge >= 0.3 is 0 Å². The van der Waals surface area contributed by atoms with Crippen LogP contribution in [0.15, 0.2) is 109 Å². The van der Waals surface area contributed by atoms with Crippen molar-refractivity contribution in [1.29, 1.82) is 0 Å². The number of nitrogens with zero attached hydrogens (tertiary/aromatic N) is 2. The second-order valence-electron chi connectivity index (χ2n) is 7.77. The summed E-state index contributed by atoms with van der Waals surface area (Å²) in [5.74, 6) is 0.604. The Morgan fingerprint density at radius 3 is 1.84 bits per heavy atom. The summed E-state index contributed by atoms with van der Waals surface area (Å²) >= 11 is 6.05. The molecule has 0 aliphatic heterocycles. The molecule has 0 saturated carbocycles. The predicted molar refractivity (Wildman–Crippen MR) is 149 cm³/mol. The van der Waals surface area contributed by atoms with E-state index in [-0.39, 0.29) is 17.0 Å². The normalized spacial score (nSPS) is 11.5. The number of fused-ring (bicyclic) bond motifs is 2. The zero-order chi connectivity index (χ0) is 26.0. The van der Waals surface area contributed by atoms with Gasteiger partial charge in [0.15, 0.2) is 0 Å². The first-order valence-corrected chi connectivity index (χ1v) is 11.9. The fourth-order valence-electron chi connectivity index (χ4n) is 3.35. The molecular weight excluding hydrogens is 488 g/mol. The summed E-state index contributed by atoms with van der Waals surface area (Å²) in [6, 6.07) is 21.5. The topological polar surface area (TPSA) is 86.2 Å². The molecule has 0 saturated heterocycles. The van der Waals surface area contributed by atoms with Crippen LogP contribution in [0.25, 0.3) is 40.2 Å². The highest BCUT2D eigenvalue weighted by Crippen LogP contribution is 2.18. The summed E-state index contributed by atoms with van der Waals surface area (Å²) in [6.07, 6.45) is 11.8. The van der Waals surface area contributed by atoms with Crippen LogP contribution < -0.4 is 11.1 Å². The monoisotopic (exact) mass is 510 g/mol. The van der Waals surface area contributed by atoms with E-state index in [1.54, 1.807) is 60.7 Å². The Morgan fingerprint density at radius 1 is 0.703 bits per heavy atom. The Hall–Kier alpha value is -4.55. The first-order valence-electron chi connectivity index (χ1n) is 11.6. The second-order valence-corrected chi connectivity index (χ2v) is 8.18. The Morgan fingerprint density at radius 2 is 1.24 bits per heavy atom. The molecule has 0 radical (unpaired) electrons. The molecule has 2 heterocycles. The van der Waals surface area contributed by atoms with Crippen molar-refractivity contribution in [3.05, 3.63) is 134 Å². The van der Waals surface area contributed by atoms with Crippen LogP contribution in [0.3, 0.4) is 0 Å². The molecule has 37 heavy (non-hydrogen) atoms. The van der Waals surface area contributed by atoms with Crippen molar-refractivity contribution in [3.8, 4) is 0 Å². The van der Waals surface area contributed by atoms with E-state index in [0.29, 0.717) is 32.9 Å². The zero-order valence-electron chi connectivity index (χ0n) is 20.0. The van der Waals surface area contributed by atoms with Crippen LogP contribution >= 0.6 is 11.6 Å². The molecule has 0 amide bonds. The lowest BCUT2D eigenvalue weighted by Gasteiger charge is -1.98. The lowest BCUT2D eigenvalue weighted by molar-refractivity contribution is 0.563. The number of hydrogen-bond acceptors (Lipinski definition) is 6. The molecule has 0 spiro atoms. The maximum atomic E-state index is 11.8. The van der Waals surface area contributed by atoms with Gasteiger partial charge in [-0.25, -0.2) is 0 Å². The molecule has 0 unspecified atom stereocenters. The third-order valence-electron chi connectivity index (χ3n) is 5.17. The van der Waals surface area contributed by atoms with E-state index in [1.165, 1.54) is 0 Å². The van der Waals surface area contributed by atoms with Gasteiger partial charge in [0, 0.05) is 11.1 Å². The minimum atomic E-state index is -0.300. The Bertz CT molecular complexity index is 1730. The van der Waals surface area contributed by atoms with Crippen molar-refractivity contribution >= 4 is 51.8 Å². The van der Waals surface area contributed by atoms with Crippen LogP contribution in [0.4, 0.5) is 0 Å². The average molecular weight is 511 g/mol. The number of para-hydroxylation sites is 2. The molecule has 5 rings (SSSR count). The van der Waals surface area contributed by atoms with Crippen LogP contribution in [0.1, 0.15) is 30.7 Å². The molecule has 6 nitrogen and oxygen atoms in total. The van der Waals surface area contributed by atoms with E-state index in [4.69, 9.17) is 20.4 Å². The lowest BCUT2D eigenvalue weighted by Crippen LogP contribution is -2.06. The molecule has 0 atom stereocenters. The SMILES string of the molecule is C/C=C\C/C=C/c1nc(=O)c2ccccc2o1.O=c1nc(/C=C/c2ccccc2Cl)oc2ccccc12. The van der Waals surface area contributed by atoms with Crippen molar-refractivity contribution in [3.63, 3.8) is 0 Å². The summed E-state index contributed by atoms with van der Waals surface area (Å²) in [5.41, 5.74) is 1.37. The fraction of sp³-hybridized carbons (Fsp3) is 0.0667. The molecule has 3 aromatic carbocycles. The molecule has 0 bridgehead atoms. The van der Waals surface area contributed by atoms with Crippen molar-refractivity contribution < 1.29 is 8.83 Å². The number of benzene rings is 3. The van der Waals surface area contributed by atoms with E-state index in [2.05, 4.69) is 9.97 Å². The summed E-state index contributed by atoms with van der Waals surface area (Å²) in [7, 11) is 0. The van der Waals surface area contributed by atoms with Gasteiger partial charge in [0.25, 0.3) is 11.1 Å². The fourth-order valence-corrected chi connectivity index (χ4v) is 3.55. The standard InChI is InChI=1S/C16H10ClNO2.C14H13NO2/c17-13-7-3-1-5-11(13)9-10-15-18-16(19)12-6-2-4-8-14(12)20-15;1-2-3-4-5-10-13-15-14(16)11-8-6-7-9-12(11)17-13/h1-10H;2-3,5-10H,4H2,1H3/b10-9+;3-2-,10-5+. The van der Waals surface area contributed by atoms with E-state index >= 15 is 0 Å². The van der Waals surface area contributed by atoms with Gasteiger partial charge in [0.2, 0.25) is 11.8 Å². The van der Waals surface area contributed by atoms with Gasteiger partial charge in [0.05, 0.1) is 10.8 Å². The maximum Gasteiger partial charge on any atom is 0.284 e. The highest BCUT2D eigenvalue weighted by Gasteiger charge is 2.04. The van der Waals surface area contributed by atoms with Gasteiger partial charge in [-0.2, -0.15) is 9.97 Å². The molecule has 2 aromatic heterocycles. The van der Waals surface area contributed by atoms with Crippen LogP contribution in [0.2, 0.25) is 5.02 Å². The van der Waals surface area contributed by atoms with Crippen molar-refractivity contribution in [2.75, 3.05) is 0 Å². The van der Waals surface area contributed by atoms with Crippen LogP contribution in [-0.2, 0) is 0 Å². The van der Waals surface area contributed by atoms with Gasteiger partial charge in [-0.15, -0.1) is 0 Å². The zero-order valence-corrected chi connectivity index (χ0v) is 20.8. The predicted octanol–water partition coefficient (Wildman–Crippen LogP) is 7.18. The Kier molecular flexibility index (Phi) is 8.57. The smallest absolute Gasteiger partial charge is 0.284 e. The summed E-state index contributed by atoms with van der Waals surface area (Å²) in [6.45, 7) is 1.96. The third-order valence-corrected chi connectivity index (χ3v) is 5.51. The molecule has 0 aliphatic carbocycles. The Labute approximate surface area is 217 Å². The summed E-state index contributed by atoms with van der Waals surface area (Å²) in [5, 5.41) is 1.62. The molecule has 0 aliphatic rings. The third kappa shape index (κ3) is 6.78. The van der Waals surface area contributed by atoms with Gasteiger partial charge in [-0.1, -0.05) is 72.3 Å². The minimum absolute atomic E-state index is 0.252. The van der Waals surface area contributed by atoms with E-state index < -0.39 is 0 Å². The van der Waals surface area contributed by atoms with Gasteiger partial charge in [-0.3, -0.25) is 9.59 Å². The van der Waals surface area contributed by atoms with Crippen LogP contribution in [-0.4, -0.2) is 9.97 Å². The van der Waals surface area contributed by atoms with Gasteiger partial charge < -0.3 is 8.83 Å². The highest BCUT2D eigenvalue weighted by molar-refractivity contribution is 6.32. The van der Waals surface area contributed by atoms with E-state index in [0.717, 1.165) is 12.0 Å².